The quantitative estimate of drug-likeness (QED) is 0.901. The first kappa shape index (κ1) is 14.6. The number of hydrogen-bond donors (Lipinski definition) is 1. The molecule has 1 aliphatic rings. The van der Waals surface area contributed by atoms with Crippen LogP contribution in [0.1, 0.15) is 23.1 Å². The number of aryl methyl sites for hydroxylation is 1. The molecule has 0 spiro atoms. The summed E-state index contributed by atoms with van der Waals surface area (Å²) in [5.74, 6) is -0.229. The average Bonchev–Trinajstić information content (AvgIpc) is 2.51. The van der Waals surface area contributed by atoms with Crippen molar-refractivity contribution >= 4 is 11.6 Å². The minimum Gasteiger partial charge on any atom is -0.392 e. The van der Waals surface area contributed by atoms with Crippen LogP contribution in [0.2, 0.25) is 5.02 Å². The largest absolute Gasteiger partial charge is 0.392 e. The number of rotatable bonds is 3. The van der Waals surface area contributed by atoms with E-state index in [1.165, 1.54) is 17.2 Å². The van der Waals surface area contributed by atoms with Crippen LogP contribution >= 0.6 is 11.6 Å². The molecule has 0 aromatic heterocycles. The van der Waals surface area contributed by atoms with Gasteiger partial charge in [-0.1, -0.05) is 48.0 Å². The predicted octanol–water partition coefficient (Wildman–Crippen LogP) is 4.19. The molecule has 3 rings (SSSR count). The molecule has 3 heteroatoms. The van der Waals surface area contributed by atoms with Crippen LogP contribution in [0.4, 0.5) is 4.39 Å². The molecular formula is C18H18ClFO. The number of aliphatic hydroxyl groups is 1. The van der Waals surface area contributed by atoms with Crippen LogP contribution in [0, 0.1) is 11.7 Å². The van der Waals surface area contributed by atoms with Crippen LogP contribution in [-0.4, -0.2) is 11.2 Å². The summed E-state index contributed by atoms with van der Waals surface area (Å²) >= 11 is 5.79. The van der Waals surface area contributed by atoms with Gasteiger partial charge in [0.15, 0.2) is 0 Å². The number of fused-ring (bicyclic) bond motifs is 1. The molecule has 0 aliphatic heterocycles. The molecule has 0 saturated carbocycles. The third-order valence-corrected chi connectivity index (χ3v) is 4.68. The van der Waals surface area contributed by atoms with Crippen LogP contribution in [0.5, 0.6) is 0 Å². The molecule has 0 amide bonds. The first-order valence-corrected chi connectivity index (χ1v) is 7.70. The van der Waals surface area contributed by atoms with Crippen molar-refractivity contribution in [2.45, 2.75) is 31.8 Å². The second kappa shape index (κ2) is 6.17. The molecule has 21 heavy (non-hydrogen) atoms. The monoisotopic (exact) mass is 304 g/mol. The Bertz CT molecular complexity index is 641. The number of halogens is 2. The van der Waals surface area contributed by atoms with Crippen LogP contribution in [0.3, 0.4) is 0 Å². The van der Waals surface area contributed by atoms with E-state index in [4.69, 9.17) is 11.6 Å². The fourth-order valence-electron chi connectivity index (χ4n) is 3.15. The van der Waals surface area contributed by atoms with Crippen LogP contribution in [0.25, 0.3) is 0 Å². The summed E-state index contributed by atoms with van der Waals surface area (Å²) in [6.45, 7) is 0. The molecule has 2 unspecified atom stereocenters. The van der Waals surface area contributed by atoms with Gasteiger partial charge in [-0.15, -0.1) is 0 Å². The lowest BCUT2D eigenvalue weighted by molar-refractivity contribution is 0.0984. The zero-order valence-electron chi connectivity index (χ0n) is 11.7. The average molecular weight is 305 g/mol. The zero-order valence-corrected chi connectivity index (χ0v) is 12.5. The Morgan fingerprint density at radius 3 is 2.71 bits per heavy atom. The third-order valence-electron chi connectivity index (χ3n) is 4.39. The molecule has 1 nitrogen and oxygen atoms in total. The zero-order chi connectivity index (χ0) is 14.8. The van der Waals surface area contributed by atoms with Crippen LogP contribution in [-0.2, 0) is 19.3 Å². The van der Waals surface area contributed by atoms with E-state index in [0.717, 1.165) is 19.3 Å². The summed E-state index contributed by atoms with van der Waals surface area (Å²) in [7, 11) is 0. The summed E-state index contributed by atoms with van der Waals surface area (Å²) < 4.78 is 13.9. The summed E-state index contributed by atoms with van der Waals surface area (Å²) in [6.07, 6.45) is 2.57. The standard InChI is InChI=1S/C18H18ClFO/c19-16-7-3-6-15(18(16)20)11-17(21)14-9-8-12-4-1-2-5-13(12)10-14/h1-7,14,17,21H,8-11H2. The maximum atomic E-state index is 13.9. The van der Waals surface area contributed by atoms with Gasteiger partial charge >= 0.3 is 0 Å². The van der Waals surface area contributed by atoms with Gasteiger partial charge in [0.2, 0.25) is 0 Å². The number of hydrogen-bond acceptors (Lipinski definition) is 1. The molecule has 1 N–H and O–H groups in total. The second-order valence-electron chi connectivity index (χ2n) is 5.76. The molecular weight excluding hydrogens is 287 g/mol. The minimum atomic E-state index is -0.536. The minimum absolute atomic E-state index is 0.119. The maximum Gasteiger partial charge on any atom is 0.145 e. The fraction of sp³-hybridized carbons (Fsp3) is 0.333. The number of aliphatic hydroxyl groups excluding tert-OH is 1. The normalized spacial score (nSPS) is 19.1. The van der Waals surface area contributed by atoms with Gasteiger partial charge in [-0.3, -0.25) is 0 Å². The molecule has 0 bridgehead atoms. The molecule has 0 saturated heterocycles. The Balaban J connectivity index is 1.72. The van der Waals surface area contributed by atoms with Gasteiger partial charge in [-0.05, 0) is 47.9 Å². The van der Waals surface area contributed by atoms with Gasteiger partial charge in [-0.25, -0.2) is 4.39 Å². The Kier molecular flexibility index (Phi) is 4.27. The first-order valence-electron chi connectivity index (χ1n) is 7.33. The van der Waals surface area contributed by atoms with E-state index >= 15 is 0 Å². The van der Waals surface area contributed by atoms with Crippen LogP contribution in [0.15, 0.2) is 42.5 Å². The van der Waals surface area contributed by atoms with Gasteiger partial charge < -0.3 is 5.11 Å². The molecule has 2 aromatic carbocycles. The van der Waals surface area contributed by atoms with Gasteiger partial charge in [0.25, 0.3) is 0 Å². The molecule has 2 atom stereocenters. The number of benzene rings is 2. The van der Waals surface area contributed by atoms with Gasteiger partial charge in [0, 0.05) is 6.42 Å². The van der Waals surface area contributed by atoms with Crippen molar-refractivity contribution in [3.05, 3.63) is 70.0 Å². The van der Waals surface area contributed by atoms with E-state index in [1.54, 1.807) is 12.1 Å². The first-order chi connectivity index (χ1) is 10.1. The SMILES string of the molecule is OC(Cc1cccc(Cl)c1F)C1CCc2ccccc2C1. The van der Waals surface area contributed by atoms with Crippen molar-refractivity contribution in [2.75, 3.05) is 0 Å². The van der Waals surface area contributed by atoms with E-state index in [0.29, 0.717) is 12.0 Å². The van der Waals surface area contributed by atoms with Crippen molar-refractivity contribution in [3.63, 3.8) is 0 Å². The Morgan fingerprint density at radius 2 is 1.90 bits per heavy atom. The Labute approximate surface area is 129 Å². The molecule has 0 fully saturated rings. The van der Waals surface area contributed by atoms with Gasteiger partial charge in [0.1, 0.15) is 5.82 Å². The fourth-order valence-corrected chi connectivity index (χ4v) is 3.35. The van der Waals surface area contributed by atoms with E-state index in [1.807, 2.05) is 6.07 Å². The summed E-state index contributed by atoms with van der Waals surface area (Å²) in [6, 6.07) is 13.3. The van der Waals surface area contributed by atoms with Crippen molar-refractivity contribution in [2.24, 2.45) is 5.92 Å². The highest BCUT2D eigenvalue weighted by Gasteiger charge is 2.25. The molecule has 1 aliphatic carbocycles. The lowest BCUT2D eigenvalue weighted by Crippen LogP contribution is -2.28. The van der Waals surface area contributed by atoms with E-state index in [2.05, 4.69) is 18.2 Å². The van der Waals surface area contributed by atoms with Crippen molar-refractivity contribution in [1.29, 1.82) is 0 Å². The molecule has 0 heterocycles. The summed E-state index contributed by atoms with van der Waals surface area (Å²) in [5.41, 5.74) is 3.17. The highest BCUT2D eigenvalue weighted by atomic mass is 35.5. The Hall–Kier alpha value is -1.38. The molecule has 2 aromatic rings. The molecule has 0 radical (unpaired) electrons. The highest BCUT2D eigenvalue weighted by molar-refractivity contribution is 6.30. The van der Waals surface area contributed by atoms with Gasteiger partial charge in [-0.2, -0.15) is 0 Å². The highest BCUT2D eigenvalue weighted by Crippen LogP contribution is 2.29. The van der Waals surface area contributed by atoms with E-state index in [-0.39, 0.29) is 10.9 Å². The van der Waals surface area contributed by atoms with Crippen molar-refractivity contribution < 1.29 is 9.50 Å². The van der Waals surface area contributed by atoms with Crippen molar-refractivity contribution in [1.82, 2.24) is 0 Å². The summed E-state index contributed by atoms with van der Waals surface area (Å²) in [5, 5.41) is 10.6. The van der Waals surface area contributed by atoms with Gasteiger partial charge in [0.05, 0.1) is 11.1 Å². The van der Waals surface area contributed by atoms with E-state index < -0.39 is 11.9 Å². The van der Waals surface area contributed by atoms with Crippen LogP contribution < -0.4 is 0 Å². The third kappa shape index (κ3) is 3.12. The smallest absolute Gasteiger partial charge is 0.145 e. The van der Waals surface area contributed by atoms with E-state index in [9.17, 15) is 9.50 Å². The topological polar surface area (TPSA) is 20.2 Å². The summed E-state index contributed by atoms with van der Waals surface area (Å²) in [4.78, 5) is 0. The van der Waals surface area contributed by atoms with Crippen molar-refractivity contribution in [3.8, 4) is 0 Å². The lowest BCUT2D eigenvalue weighted by atomic mass is 9.79. The lowest BCUT2D eigenvalue weighted by Gasteiger charge is -2.28. The second-order valence-corrected chi connectivity index (χ2v) is 6.16. The predicted molar refractivity (Wildman–Crippen MR) is 83.1 cm³/mol. The molecule has 110 valence electrons. The Morgan fingerprint density at radius 1 is 1.14 bits per heavy atom. The maximum absolute atomic E-state index is 13.9.